The van der Waals surface area contributed by atoms with Gasteiger partial charge in [-0.2, -0.15) is 0 Å². The highest BCUT2D eigenvalue weighted by atomic mass is 35.5. The summed E-state index contributed by atoms with van der Waals surface area (Å²) in [5.74, 6) is 0.529. The van der Waals surface area contributed by atoms with E-state index in [4.69, 9.17) is 11.6 Å². The molecule has 1 heterocycles. The number of hydrogen-bond acceptors (Lipinski definition) is 1. The number of benzene rings is 2. The van der Waals surface area contributed by atoms with Gasteiger partial charge in [-0.25, -0.2) is 4.39 Å². The number of fused-ring (bicyclic) bond motifs is 2. The van der Waals surface area contributed by atoms with Crippen LogP contribution < -0.4 is 0 Å². The van der Waals surface area contributed by atoms with Crippen molar-refractivity contribution in [2.75, 3.05) is 0 Å². The van der Waals surface area contributed by atoms with Crippen molar-refractivity contribution in [2.24, 2.45) is 0 Å². The summed E-state index contributed by atoms with van der Waals surface area (Å²) in [6, 6.07) is 11.8. The minimum Gasteiger partial charge on any atom is -0.206 e. The van der Waals surface area contributed by atoms with Crippen molar-refractivity contribution in [3.63, 3.8) is 0 Å². The first-order valence-electron chi connectivity index (χ1n) is 5.82. The van der Waals surface area contributed by atoms with Crippen molar-refractivity contribution in [3.05, 3.63) is 64.5 Å². The van der Waals surface area contributed by atoms with E-state index in [0.717, 1.165) is 21.6 Å². The molecule has 3 heteroatoms. The van der Waals surface area contributed by atoms with Gasteiger partial charge in [0.1, 0.15) is 5.82 Å². The molecule has 0 saturated carbocycles. The van der Waals surface area contributed by atoms with Gasteiger partial charge in [0.05, 0.1) is 5.38 Å². The molecule has 0 aromatic heterocycles. The molecule has 0 N–H and O–H groups in total. The highest BCUT2D eigenvalue weighted by Crippen LogP contribution is 2.43. The summed E-state index contributed by atoms with van der Waals surface area (Å²) in [4.78, 5) is 1.14. The number of halogens is 2. The van der Waals surface area contributed by atoms with E-state index >= 15 is 0 Å². The zero-order valence-electron chi connectivity index (χ0n) is 9.91. The first kappa shape index (κ1) is 12.1. The highest BCUT2D eigenvalue weighted by molar-refractivity contribution is 7.98. The third kappa shape index (κ3) is 1.84. The van der Waals surface area contributed by atoms with Crippen LogP contribution in [0.15, 0.2) is 41.3 Å². The molecule has 1 atom stereocenters. The second-order valence-corrected chi connectivity index (χ2v) is 5.91. The van der Waals surface area contributed by atoms with Crippen LogP contribution in [0.3, 0.4) is 0 Å². The number of hydrogen-bond donors (Lipinski definition) is 0. The van der Waals surface area contributed by atoms with Crippen molar-refractivity contribution in [1.82, 2.24) is 0 Å². The van der Waals surface area contributed by atoms with Crippen molar-refractivity contribution >= 4 is 23.4 Å². The Morgan fingerprint density at radius 3 is 2.78 bits per heavy atom. The lowest BCUT2D eigenvalue weighted by molar-refractivity contribution is 0.605. The summed E-state index contributed by atoms with van der Waals surface area (Å²) in [6.45, 7) is 1.79. The molecule has 3 rings (SSSR count). The van der Waals surface area contributed by atoms with Crippen LogP contribution in [0.2, 0.25) is 0 Å². The van der Waals surface area contributed by atoms with E-state index in [2.05, 4.69) is 0 Å². The maximum atomic E-state index is 14.2. The number of thioether (sulfide) groups is 1. The van der Waals surface area contributed by atoms with Gasteiger partial charge >= 0.3 is 0 Å². The van der Waals surface area contributed by atoms with Gasteiger partial charge in [-0.3, -0.25) is 0 Å². The first-order chi connectivity index (χ1) is 8.68. The van der Waals surface area contributed by atoms with Crippen molar-refractivity contribution in [3.8, 4) is 0 Å². The highest BCUT2D eigenvalue weighted by Gasteiger charge is 2.24. The predicted molar refractivity (Wildman–Crippen MR) is 74.8 cm³/mol. The molecule has 1 aliphatic rings. The summed E-state index contributed by atoms with van der Waals surface area (Å²) in [5.41, 5.74) is 3.41. The minimum atomic E-state index is -0.263. The quantitative estimate of drug-likeness (QED) is 0.607. The Labute approximate surface area is 115 Å². The summed E-state index contributed by atoms with van der Waals surface area (Å²) >= 11 is 8.18. The van der Waals surface area contributed by atoms with E-state index < -0.39 is 0 Å². The SMILES string of the molecule is Cc1ccc2c(c1F)CSc1ccccc1C2Cl. The molecule has 1 unspecified atom stereocenters. The molecule has 0 saturated heterocycles. The van der Waals surface area contributed by atoms with Crippen LogP contribution in [0.4, 0.5) is 4.39 Å². The monoisotopic (exact) mass is 278 g/mol. The third-order valence-corrected chi connectivity index (χ3v) is 4.90. The average Bonchev–Trinajstić information content (AvgIpc) is 2.53. The van der Waals surface area contributed by atoms with Gasteiger partial charge < -0.3 is 0 Å². The van der Waals surface area contributed by atoms with Crippen LogP contribution in [-0.2, 0) is 5.75 Å². The number of aryl methyl sites for hydroxylation is 1. The summed E-state index contributed by atoms with van der Waals surface area (Å²) in [7, 11) is 0. The largest absolute Gasteiger partial charge is 0.206 e. The molecule has 1 aliphatic heterocycles. The predicted octanol–water partition coefficient (Wildman–Crippen LogP) is 5.07. The zero-order chi connectivity index (χ0) is 12.7. The lowest BCUT2D eigenvalue weighted by atomic mass is 9.98. The van der Waals surface area contributed by atoms with E-state index in [-0.39, 0.29) is 11.2 Å². The van der Waals surface area contributed by atoms with Gasteiger partial charge in [-0.05, 0) is 29.7 Å². The molecule has 0 radical (unpaired) electrons. The van der Waals surface area contributed by atoms with Crippen LogP contribution in [0.5, 0.6) is 0 Å². The maximum absolute atomic E-state index is 14.2. The Morgan fingerprint density at radius 2 is 1.94 bits per heavy atom. The van der Waals surface area contributed by atoms with Crippen LogP contribution in [0, 0.1) is 12.7 Å². The molecule has 0 bridgehead atoms. The second kappa shape index (κ2) is 4.60. The van der Waals surface area contributed by atoms with Gasteiger partial charge in [0.15, 0.2) is 0 Å². The fraction of sp³-hybridized carbons (Fsp3) is 0.200. The molecule has 0 fully saturated rings. The van der Waals surface area contributed by atoms with Gasteiger partial charge in [0.2, 0.25) is 0 Å². The van der Waals surface area contributed by atoms with Crippen molar-refractivity contribution in [2.45, 2.75) is 22.9 Å². The van der Waals surface area contributed by atoms with E-state index in [9.17, 15) is 4.39 Å². The smallest absolute Gasteiger partial charge is 0.130 e. The fourth-order valence-corrected chi connectivity index (χ4v) is 3.86. The fourth-order valence-electron chi connectivity index (χ4n) is 2.28. The Bertz CT molecular complexity index is 609. The molecule has 0 aliphatic carbocycles. The molecule has 92 valence electrons. The summed E-state index contributed by atoms with van der Waals surface area (Å²) in [5, 5.41) is -0.263. The Kier molecular flexibility index (Phi) is 3.08. The Balaban J connectivity index is 2.21. The number of alkyl halides is 1. The molecule has 2 aromatic rings. The van der Waals surface area contributed by atoms with E-state index in [0.29, 0.717) is 11.3 Å². The maximum Gasteiger partial charge on any atom is 0.130 e. The van der Waals surface area contributed by atoms with Crippen molar-refractivity contribution in [1.29, 1.82) is 0 Å². The van der Waals surface area contributed by atoms with Gasteiger partial charge in [-0.1, -0.05) is 30.3 Å². The molecule has 0 nitrogen and oxygen atoms in total. The van der Waals surface area contributed by atoms with Crippen LogP contribution in [0.1, 0.15) is 27.6 Å². The normalized spacial score (nSPS) is 17.8. The lowest BCUT2D eigenvalue weighted by Gasteiger charge is -2.14. The first-order valence-corrected chi connectivity index (χ1v) is 7.24. The molecule has 18 heavy (non-hydrogen) atoms. The zero-order valence-corrected chi connectivity index (χ0v) is 11.5. The van der Waals surface area contributed by atoms with E-state index in [1.54, 1.807) is 18.7 Å². The van der Waals surface area contributed by atoms with E-state index in [1.165, 1.54) is 0 Å². The summed E-state index contributed by atoms with van der Waals surface area (Å²) < 4.78 is 14.2. The minimum absolute atomic E-state index is 0.113. The Hall–Kier alpha value is -0.990. The van der Waals surface area contributed by atoms with Gasteiger partial charge in [0.25, 0.3) is 0 Å². The number of rotatable bonds is 0. The molecule has 2 aromatic carbocycles. The van der Waals surface area contributed by atoms with Crippen LogP contribution >= 0.6 is 23.4 Å². The van der Waals surface area contributed by atoms with E-state index in [1.807, 2.05) is 36.4 Å². The Morgan fingerprint density at radius 1 is 1.17 bits per heavy atom. The molecule has 0 amide bonds. The average molecular weight is 279 g/mol. The lowest BCUT2D eigenvalue weighted by Crippen LogP contribution is -2.00. The summed E-state index contributed by atoms with van der Waals surface area (Å²) in [6.07, 6.45) is 0. The third-order valence-electron chi connectivity index (χ3n) is 3.31. The molecular weight excluding hydrogens is 267 g/mol. The van der Waals surface area contributed by atoms with Gasteiger partial charge in [0, 0.05) is 16.2 Å². The second-order valence-electron chi connectivity index (χ2n) is 4.45. The van der Waals surface area contributed by atoms with Crippen molar-refractivity contribution < 1.29 is 4.39 Å². The topological polar surface area (TPSA) is 0 Å². The molecule has 0 spiro atoms. The standard InChI is InChI=1S/C15H12ClFS/c1-9-6-7-10-12(15(9)17)8-18-13-5-3-2-4-11(13)14(10)16/h2-7,14H,8H2,1H3. The molecular formula is C15H12ClFS. The van der Waals surface area contributed by atoms with Crippen LogP contribution in [0.25, 0.3) is 0 Å². The van der Waals surface area contributed by atoms with Gasteiger partial charge in [-0.15, -0.1) is 23.4 Å². The van der Waals surface area contributed by atoms with Crippen LogP contribution in [-0.4, -0.2) is 0 Å².